The number of nitrogens with one attached hydrogen (secondary N) is 1. The van der Waals surface area contributed by atoms with Crippen LogP contribution < -0.4 is 10.1 Å². The molecule has 35 heavy (non-hydrogen) atoms. The number of para-hydroxylation sites is 1. The van der Waals surface area contributed by atoms with E-state index in [1.54, 1.807) is 42.5 Å². The van der Waals surface area contributed by atoms with Crippen molar-refractivity contribution in [2.24, 2.45) is 0 Å². The maximum atomic E-state index is 13.0. The summed E-state index contributed by atoms with van der Waals surface area (Å²) in [5.41, 5.74) is 0.582. The number of ether oxygens (including phenoxy) is 1. The van der Waals surface area contributed by atoms with Crippen LogP contribution >= 0.6 is 11.9 Å². The van der Waals surface area contributed by atoms with Crippen molar-refractivity contribution >= 4 is 41.5 Å². The van der Waals surface area contributed by atoms with Crippen LogP contribution in [-0.4, -0.2) is 68.0 Å². The van der Waals surface area contributed by atoms with Crippen molar-refractivity contribution in [3.63, 3.8) is 0 Å². The summed E-state index contributed by atoms with van der Waals surface area (Å²) in [6.07, 6.45) is 0. The van der Waals surface area contributed by atoms with E-state index in [1.807, 2.05) is 0 Å². The summed E-state index contributed by atoms with van der Waals surface area (Å²) >= 11 is 0.686. The number of amides is 4. The van der Waals surface area contributed by atoms with E-state index in [4.69, 9.17) is 4.74 Å². The zero-order valence-corrected chi connectivity index (χ0v) is 19.4. The second-order valence-corrected chi connectivity index (χ2v) is 8.98. The van der Waals surface area contributed by atoms with E-state index in [-0.39, 0.29) is 23.3 Å². The summed E-state index contributed by atoms with van der Waals surface area (Å²) in [4.78, 5) is 64.0. The number of rotatable bonds is 9. The number of fused-ring (bicyclic) bond motifs is 1. The topological polar surface area (TPSA) is 133 Å². The molecule has 3 unspecified atom stereocenters. The van der Waals surface area contributed by atoms with Crippen molar-refractivity contribution in [1.29, 1.82) is 0 Å². The molecule has 3 atom stereocenters. The van der Waals surface area contributed by atoms with E-state index in [9.17, 15) is 29.1 Å². The average molecular weight is 496 g/mol. The minimum absolute atomic E-state index is 0.177. The average Bonchev–Trinajstić information content (AvgIpc) is 3.08. The Bertz CT molecular complexity index is 1180. The number of hydrogen-bond acceptors (Lipinski definition) is 7. The Morgan fingerprint density at radius 3 is 2.17 bits per heavy atom. The standard InChI is InChI=1S/C24H21N3O7S/c1-13(2)19(24(32)33)26-22(31)18(25-17(28)12-34-14-8-4-3-5-9-14)23(26)35-27-20(29)15-10-6-7-11-16(15)21(27)30/h3-11,18-19,23H,1,12H2,2H3,(H,25,28)(H,32,33). The Balaban J connectivity index is 1.54. The first-order chi connectivity index (χ1) is 16.7. The van der Waals surface area contributed by atoms with Crippen LogP contribution in [0.1, 0.15) is 27.6 Å². The van der Waals surface area contributed by atoms with Crippen LogP contribution in [0.2, 0.25) is 0 Å². The van der Waals surface area contributed by atoms with Crippen LogP contribution in [-0.2, 0) is 14.4 Å². The van der Waals surface area contributed by atoms with E-state index in [0.717, 1.165) is 9.21 Å². The monoisotopic (exact) mass is 495 g/mol. The smallest absolute Gasteiger partial charge is 0.330 e. The first-order valence-corrected chi connectivity index (χ1v) is 11.4. The molecule has 180 valence electrons. The van der Waals surface area contributed by atoms with Crippen LogP contribution in [0, 0.1) is 0 Å². The Kier molecular flexibility index (Phi) is 6.61. The molecule has 2 heterocycles. The molecule has 0 radical (unpaired) electrons. The predicted octanol–water partition coefficient (Wildman–Crippen LogP) is 1.69. The van der Waals surface area contributed by atoms with Gasteiger partial charge in [-0.15, -0.1) is 0 Å². The lowest BCUT2D eigenvalue weighted by Gasteiger charge is -2.49. The van der Waals surface area contributed by atoms with Gasteiger partial charge in [0.2, 0.25) is 5.91 Å². The van der Waals surface area contributed by atoms with Crippen molar-refractivity contribution in [1.82, 2.24) is 14.5 Å². The van der Waals surface area contributed by atoms with Gasteiger partial charge in [0.15, 0.2) is 12.6 Å². The number of carbonyl (C=O) groups is 5. The normalized spacial score (nSPS) is 19.6. The summed E-state index contributed by atoms with van der Waals surface area (Å²) < 4.78 is 6.28. The molecule has 0 saturated carbocycles. The Morgan fingerprint density at radius 2 is 1.63 bits per heavy atom. The summed E-state index contributed by atoms with van der Waals surface area (Å²) in [5, 5.41) is 11.2. The molecule has 1 saturated heterocycles. The molecule has 2 aromatic carbocycles. The Labute approximate surface area is 204 Å². The Hall–Kier alpha value is -4.12. The minimum atomic E-state index is -1.40. The van der Waals surface area contributed by atoms with Gasteiger partial charge in [-0.1, -0.05) is 36.9 Å². The second-order valence-electron chi connectivity index (χ2n) is 7.93. The van der Waals surface area contributed by atoms with Gasteiger partial charge in [-0.3, -0.25) is 19.2 Å². The molecule has 11 heteroatoms. The molecule has 0 bridgehead atoms. The summed E-state index contributed by atoms with van der Waals surface area (Å²) in [7, 11) is 0. The van der Waals surface area contributed by atoms with E-state index in [0.29, 0.717) is 17.7 Å². The number of carbonyl (C=O) groups excluding carboxylic acids is 4. The van der Waals surface area contributed by atoms with Crippen LogP contribution in [0.5, 0.6) is 5.75 Å². The van der Waals surface area contributed by atoms with Gasteiger partial charge in [0.05, 0.1) is 11.1 Å². The highest BCUT2D eigenvalue weighted by Crippen LogP contribution is 2.39. The third-order valence-electron chi connectivity index (χ3n) is 5.46. The molecule has 0 aromatic heterocycles. The highest BCUT2D eigenvalue weighted by atomic mass is 32.2. The number of β-lactam (4-membered cyclic amide) rings is 1. The number of benzene rings is 2. The minimum Gasteiger partial charge on any atom is -0.484 e. The highest BCUT2D eigenvalue weighted by molar-refractivity contribution is 7.98. The lowest BCUT2D eigenvalue weighted by atomic mass is 9.99. The largest absolute Gasteiger partial charge is 0.484 e. The van der Waals surface area contributed by atoms with Crippen LogP contribution in [0.15, 0.2) is 66.7 Å². The summed E-state index contributed by atoms with van der Waals surface area (Å²) in [6, 6.07) is 12.3. The van der Waals surface area contributed by atoms with Gasteiger partial charge in [-0.05, 0) is 48.7 Å². The first-order valence-electron chi connectivity index (χ1n) is 10.5. The molecule has 2 aliphatic rings. The number of nitrogens with zero attached hydrogens (tertiary/aromatic N) is 2. The van der Waals surface area contributed by atoms with Gasteiger partial charge in [0.25, 0.3) is 17.7 Å². The van der Waals surface area contributed by atoms with Crippen LogP contribution in [0.3, 0.4) is 0 Å². The van der Waals surface area contributed by atoms with Gasteiger partial charge in [-0.25, -0.2) is 9.10 Å². The molecule has 2 aromatic rings. The summed E-state index contributed by atoms with van der Waals surface area (Å²) in [5.74, 6) is -3.35. The van der Waals surface area contributed by atoms with Crippen molar-refractivity contribution < 1.29 is 33.8 Å². The van der Waals surface area contributed by atoms with Gasteiger partial charge in [0.1, 0.15) is 17.2 Å². The SMILES string of the molecule is C=C(C)C(C(=O)O)N1C(=O)C(NC(=O)COc2ccccc2)C1SN1C(=O)c2ccccc2C1=O. The molecule has 0 spiro atoms. The third-order valence-corrected chi connectivity index (χ3v) is 6.72. The van der Waals surface area contributed by atoms with Gasteiger partial charge in [-0.2, -0.15) is 0 Å². The molecule has 1 fully saturated rings. The van der Waals surface area contributed by atoms with Crippen LogP contribution in [0.4, 0.5) is 0 Å². The molecule has 0 aliphatic carbocycles. The zero-order valence-electron chi connectivity index (χ0n) is 18.5. The highest BCUT2D eigenvalue weighted by Gasteiger charge is 2.56. The molecule has 2 aliphatic heterocycles. The van der Waals surface area contributed by atoms with Crippen LogP contribution in [0.25, 0.3) is 0 Å². The number of imide groups is 1. The number of likely N-dealkylation sites (tertiary alicyclic amines) is 1. The number of carboxylic acid groups (broad SMARTS) is 1. The van der Waals surface area contributed by atoms with E-state index in [1.165, 1.54) is 19.1 Å². The molecular weight excluding hydrogens is 474 g/mol. The van der Waals surface area contributed by atoms with Crippen molar-refractivity contribution in [3.05, 3.63) is 77.9 Å². The fourth-order valence-electron chi connectivity index (χ4n) is 3.82. The van der Waals surface area contributed by atoms with Gasteiger partial charge >= 0.3 is 5.97 Å². The number of aliphatic carboxylic acids is 1. The van der Waals surface area contributed by atoms with Crippen molar-refractivity contribution in [2.75, 3.05) is 6.61 Å². The fourth-order valence-corrected chi connectivity index (χ4v) is 5.06. The van der Waals surface area contributed by atoms with E-state index in [2.05, 4.69) is 11.9 Å². The molecule has 4 amide bonds. The maximum absolute atomic E-state index is 13.0. The predicted molar refractivity (Wildman–Crippen MR) is 125 cm³/mol. The first kappa shape index (κ1) is 24.0. The molecule has 4 rings (SSSR count). The maximum Gasteiger partial charge on any atom is 0.330 e. The number of carboxylic acids is 1. The third kappa shape index (κ3) is 4.50. The Morgan fingerprint density at radius 1 is 1.06 bits per heavy atom. The van der Waals surface area contributed by atoms with E-state index < -0.39 is 47.1 Å². The molecule has 2 N–H and O–H groups in total. The molecule has 10 nitrogen and oxygen atoms in total. The van der Waals surface area contributed by atoms with Crippen molar-refractivity contribution in [3.8, 4) is 5.75 Å². The van der Waals surface area contributed by atoms with E-state index >= 15 is 0 Å². The lowest BCUT2D eigenvalue weighted by molar-refractivity contribution is -0.160. The number of hydrogen-bond donors (Lipinski definition) is 2. The zero-order chi connectivity index (χ0) is 25.3. The quantitative estimate of drug-likeness (QED) is 0.232. The van der Waals surface area contributed by atoms with Crippen molar-refractivity contribution in [2.45, 2.75) is 24.4 Å². The summed E-state index contributed by atoms with van der Waals surface area (Å²) in [6.45, 7) is 4.72. The fraction of sp³-hybridized carbons (Fsp3) is 0.208. The molecular formula is C24H21N3O7S. The van der Waals surface area contributed by atoms with Gasteiger partial charge in [0, 0.05) is 0 Å². The lowest BCUT2D eigenvalue weighted by Crippen LogP contribution is -2.73. The van der Waals surface area contributed by atoms with Gasteiger partial charge < -0.3 is 20.1 Å². The second kappa shape index (κ2) is 9.63.